The summed E-state index contributed by atoms with van der Waals surface area (Å²) in [4.78, 5) is 40.8. The van der Waals surface area contributed by atoms with Crippen LogP contribution < -0.4 is 10.3 Å². The number of carbonyl (C=O) groups is 2. The first kappa shape index (κ1) is 32.0. The number of fused-ring (bicyclic) bond motifs is 1. The van der Waals surface area contributed by atoms with Crippen molar-refractivity contribution in [3.05, 3.63) is 63.9 Å². The van der Waals surface area contributed by atoms with Gasteiger partial charge in [0.25, 0.3) is 5.56 Å². The minimum absolute atomic E-state index is 0.0824. The Labute approximate surface area is 260 Å². The third-order valence-corrected chi connectivity index (χ3v) is 10.8. The SMILES string of the molecule is Cc1ccc2nnn(CC3CCC(C(=O)c4ccc(OCCC5CCOCC5)cc4)C3C(=O)OCC[Si](C)(C)C)c(=O)c2c1. The average Bonchev–Trinajstić information content (AvgIpc) is 3.42. The van der Waals surface area contributed by atoms with Gasteiger partial charge in [0, 0.05) is 32.8 Å². The third-order valence-electron chi connectivity index (χ3n) is 9.05. The lowest BCUT2D eigenvalue weighted by Gasteiger charge is -2.24. The molecule has 1 aromatic heterocycles. The molecule has 0 spiro atoms. The number of benzene rings is 2. The molecule has 0 radical (unpaired) electrons. The molecule has 1 aliphatic heterocycles. The van der Waals surface area contributed by atoms with E-state index < -0.39 is 19.9 Å². The fourth-order valence-corrected chi connectivity index (χ4v) is 7.05. The minimum atomic E-state index is -1.42. The Morgan fingerprint density at radius 2 is 1.75 bits per heavy atom. The molecule has 0 bridgehead atoms. The fourth-order valence-electron chi connectivity index (χ4n) is 6.33. The Kier molecular flexibility index (Phi) is 10.3. The number of esters is 1. The van der Waals surface area contributed by atoms with Gasteiger partial charge in [0.2, 0.25) is 0 Å². The van der Waals surface area contributed by atoms with Crippen molar-refractivity contribution in [2.75, 3.05) is 26.4 Å². The highest BCUT2D eigenvalue weighted by Crippen LogP contribution is 2.41. The van der Waals surface area contributed by atoms with Gasteiger partial charge in [-0.05, 0) is 93.3 Å². The van der Waals surface area contributed by atoms with E-state index in [0.717, 1.165) is 49.8 Å². The van der Waals surface area contributed by atoms with Gasteiger partial charge in [-0.15, -0.1) is 5.10 Å². The molecular weight excluding hydrogens is 574 g/mol. The molecule has 3 aromatic rings. The highest BCUT2D eigenvalue weighted by Gasteiger charge is 2.46. The highest BCUT2D eigenvalue weighted by atomic mass is 28.3. The van der Waals surface area contributed by atoms with Gasteiger partial charge >= 0.3 is 5.97 Å². The van der Waals surface area contributed by atoms with Crippen molar-refractivity contribution in [1.29, 1.82) is 0 Å². The zero-order chi connectivity index (χ0) is 31.3. The number of hydrogen-bond acceptors (Lipinski definition) is 8. The first-order valence-electron chi connectivity index (χ1n) is 15.9. The number of aryl methyl sites for hydroxylation is 1. The van der Waals surface area contributed by atoms with E-state index in [-0.39, 0.29) is 29.8 Å². The van der Waals surface area contributed by atoms with Crippen LogP contribution in [0.3, 0.4) is 0 Å². The summed E-state index contributed by atoms with van der Waals surface area (Å²) < 4.78 is 18.6. The number of ether oxygens (including phenoxy) is 3. The summed E-state index contributed by atoms with van der Waals surface area (Å²) in [5.74, 6) is -0.568. The topological polar surface area (TPSA) is 110 Å². The van der Waals surface area contributed by atoms with Crippen LogP contribution in [0.2, 0.25) is 25.7 Å². The smallest absolute Gasteiger partial charge is 0.310 e. The van der Waals surface area contributed by atoms with E-state index in [1.165, 1.54) is 4.68 Å². The second-order valence-corrected chi connectivity index (χ2v) is 19.2. The average molecular weight is 620 g/mol. The quantitative estimate of drug-likeness (QED) is 0.144. The van der Waals surface area contributed by atoms with E-state index in [9.17, 15) is 14.4 Å². The van der Waals surface area contributed by atoms with E-state index in [2.05, 4.69) is 30.0 Å². The Bertz CT molecular complexity index is 1510. The number of hydrogen-bond donors (Lipinski definition) is 0. The monoisotopic (exact) mass is 619 g/mol. The lowest BCUT2D eigenvalue weighted by Crippen LogP contribution is -2.36. The van der Waals surface area contributed by atoms with Crippen molar-refractivity contribution in [3.8, 4) is 5.75 Å². The van der Waals surface area contributed by atoms with Crippen LogP contribution in [0.5, 0.6) is 5.75 Å². The predicted molar refractivity (Wildman–Crippen MR) is 172 cm³/mol. The summed E-state index contributed by atoms with van der Waals surface area (Å²) in [6, 6.07) is 13.6. The summed E-state index contributed by atoms with van der Waals surface area (Å²) in [6.45, 7) is 11.4. The van der Waals surface area contributed by atoms with Crippen LogP contribution in [0.25, 0.3) is 10.9 Å². The first-order chi connectivity index (χ1) is 21.1. The largest absolute Gasteiger partial charge is 0.494 e. The van der Waals surface area contributed by atoms with Crippen LogP contribution in [0.1, 0.15) is 48.0 Å². The Hall–Kier alpha value is -3.37. The lowest BCUT2D eigenvalue weighted by atomic mass is 9.84. The third kappa shape index (κ3) is 8.01. The normalized spacial score (nSPS) is 21.0. The second-order valence-electron chi connectivity index (χ2n) is 13.6. The fraction of sp³-hybridized carbons (Fsp3) is 0.559. The molecule has 44 heavy (non-hydrogen) atoms. The van der Waals surface area contributed by atoms with E-state index in [0.29, 0.717) is 48.4 Å². The van der Waals surface area contributed by atoms with Gasteiger partial charge in [-0.1, -0.05) is 36.5 Å². The maximum atomic E-state index is 13.9. The summed E-state index contributed by atoms with van der Waals surface area (Å²) in [5, 5.41) is 8.92. The van der Waals surface area contributed by atoms with Crippen molar-refractivity contribution in [2.45, 2.75) is 71.3 Å². The van der Waals surface area contributed by atoms with Crippen LogP contribution in [-0.4, -0.2) is 61.2 Å². The van der Waals surface area contributed by atoms with E-state index in [1.807, 2.05) is 31.2 Å². The summed E-state index contributed by atoms with van der Waals surface area (Å²) >= 11 is 0. The van der Waals surface area contributed by atoms with Gasteiger partial charge in [-0.2, -0.15) is 0 Å². The van der Waals surface area contributed by atoms with Crippen LogP contribution >= 0.6 is 0 Å². The van der Waals surface area contributed by atoms with Crippen LogP contribution in [0.4, 0.5) is 0 Å². The molecular formula is C34H45N3O6Si. The Morgan fingerprint density at radius 1 is 1.00 bits per heavy atom. The van der Waals surface area contributed by atoms with Crippen LogP contribution in [0, 0.1) is 30.6 Å². The molecule has 2 aromatic carbocycles. The molecule has 2 fully saturated rings. The molecule has 1 saturated carbocycles. The van der Waals surface area contributed by atoms with Gasteiger partial charge in [0.05, 0.1) is 31.1 Å². The number of Topliss-reactive ketones (excluding diaryl/α,β-unsaturated/α-hetero) is 1. The van der Waals surface area contributed by atoms with Crippen molar-refractivity contribution < 1.29 is 23.8 Å². The lowest BCUT2D eigenvalue weighted by molar-refractivity contribution is -0.150. The molecule has 2 heterocycles. The number of ketones is 1. The zero-order valence-corrected chi connectivity index (χ0v) is 27.4. The Balaban J connectivity index is 1.30. The van der Waals surface area contributed by atoms with Crippen molar-refractivity contribution in [3.63, 3.8) is 0 Å². The number of nitrogens with zero attached hydrogens (tertiary/aromatic N) is 3. The van der Waals surface area contributed by atoms with Crippen LogP contribution in [0.15, 0.2) is 47.3 Å². The summed E-state index contributed by atoms with van der Waals surface area (Å²) in [5.41, 5.74) is 1.80. The standard InChI is InChI=1S/C34H45N3O6Si/c1-23-5-12-30-29(21-23)33(39)37(36-35-30)22-26-8-11-28(31(26)34(40)43-19-20-44(2,3)4)32(38)25-6-9-27(10-7-25)42-18-15-24-13-16-41-17-14-24/h5-7,9-10,12,21,24,26,28,31H,8,11,13-20,22H2,1-4H3. The van der Waals surface area contributed by atoms with E-state index >= 15 is 0 Å². The summed E-state index contributed by atoms with van der Waals surface area (Å²) in [7, 11) is -1.42. The van der Waals surface area contributed by atoms with Gasteiger partial charge in [-0.3, -0.25) is 14.4 Å². The molecule has 9 nitrogen and oxygen atoms in total. The second kappa shape index (κ2) is 14.2. The molecule has 3 unspecified atom stereocenters. The van der Waals surface area contributed by atoms with Gasteiger partial charge in [0.1, 0.15) is 11.3 Å². The number of carbonyl (C=O) groups excluding carboxylic acids is 2. The van der Waals surface area contributed by atoms with Crippen molar-refractivity contribution in [1.82, 2.24) is 15.0 Å². The Morgan fingerprint density at radius 3 is 2.48 bits per heavy atom. The number of aromatic nitrogens is 3. The molecule has 0 N–H and O–H groups in total. The summed E-state index contributed by atoms with van der Waals surface area (Å²) in [6.07, 6.45) is 4.28. The highest BCUT2D eigenvalue weighted by molar-refractivity contribution is 6.76. The van der Waals surface area contributed by atoms with Crippen LogP contribution in [-0.2, 0) is 20.8 Å². The van der Waals surface area contributed by atoms with Gasteiger partial charge < -0.3 is 14.2 Å². The predicted octanol–water partition coefficient (Wildman–Crippen LogP) is 5.70. The molecule has 1 saturated heterocycles. The van der Waals surface area contributed by atoms with E-state index in [4.69, 9.17) is 14.2 Å². The van der Waals surface area contributed by atoms with E-state index in [1.54, 1.807) is 18.2 Å². The molecule has 5 rings (SSSR count). The van der Waals surface area contributed by atoms with Crippen molar-refractivity contribution >= 4 is 30.7 Å². The molecule has 3 atom stereocenters. The maximum Gasteiger partial charge on any atom is 0.310 e. The van der Waals surface area contributed by atoms with Gasteiger partial charge in [0.15, 0.2) is 5.78 Å². The van der Waals surface area contributed by atoms with Crippen molar-refractivity contribution in [2.24, 2.45) is 23.7 Å². The molecule has 0 amide bonds. The molecule has 10 heteroatoms. The first-order valence-corrected chi connectivity index (χ1v) is 19.7. The molecule has 2 aliphatic rings. The minimum Gasteiger partial charge on any atom is -0.494 e. The molecule has 1 aliphatic carbocycles. The maximum absolute atomic E-state index is 13.9. The number of rotatable bonds is 12. The van der Waals surface area contributed by atoms with Gasteiger partial charge in [-0.25, -0.2) is 4.68 Å². The molecule has 236 valence electrons. The zero-order valence-electron chi connectivity index (χ0n) is 26.4.